The van der Waals surface area contributed by atoms with E-state index in [1.54, 1.807) is 37.4 Å². The van der Waals surface area contributed by atoms with Gasteiger partial charge in [-0.2, -0.15) is 0 Å². The number of fused-ring (bicyclic) bond motifs is 1. The van der Waals surface area contributed by atoms with Gasteiger partial charge in [-0.25, -0.2) is 9.79 Å². The standard InChI is InChI=1S/C51H57N9O12/c1-60-36-13-6-5-12-34(36)44(30-8-3-2-4-9-30)58-47(48(60)66)59-49(67)56-32-10-7-11-33(25-32)71-23-22-55-41(64)28-69-26-39(62)53-20-21-54-40(63)27-70-29-42(65)57-35-16-17-51(68)38-24-31-14-15-37(61)45-43(31)50(51,18-19-52-38)46(35)72-45/h2-15,25,35,38,46-47,52,61,68H,16-24,26-29H2,1H3,(H,53,62)(H,54,63)(H,55,64)(H,57,65)(H2,56,59,67)/t35-,38?,46-,47-,50-,51+/m0/s1. The number of likely N-dealkylation sites (N-methyl/N-ethyl adjacent to an activating group) is 1. The molecule has 2 fully saturated rings. The third-order valence-electron chi connectivity index (χ3n) is 13.8. The first-order valence-corrected chi connectivity index (χ1v) is 23.9. The number of anilines is 2. The first-order chi connectivity index (χ1) is 34.8. The molecule has 378 valence electrons. The van der Waals surface area contributed by atoms with Gasteiger partial charge in [0.05, 0.1) is 35.0 Å². The molecule has 1 saturated heterocycles. The highest BCUT2D eigenvalue weighted by molar-refractivity contribution is 6.20. The number of rotatable bonds is 19. The minimum Gasteiger partial charge on any atom is -0.504 e. The minimum absolute atomic E-state index is 0.00753. The Bertz CT molecular complexity index is 2760. The van der Waals surface area contributed by atoms with Gasteiger partial charge >= 0.3 is 6.03 Å². The van der Waals surface area contributed by atoms with Crippen LogP contribution in [0.3, 0.4) is 0 Å². The van der Waals surface area contributed by atoms with Crippen molar-refractivity contribution in [1.82, 2.24) is 31.9 Å². The number of hydrogen-bond acceptors (Lipinski definition) is 14. The average molecular weight is 988 g/mol. The Morgan fingerprint density at radius 3 is 2.26 bits per heavy atom. The first kappa shape index (κ1) is 49.4. The lowest BCUT2D eigenvalue weighted by molar-refractivity contribution is -0.161. The number of para-hydroxylation sites is 1. The van der Waals surface area contributed by atoms with E-state index >= 15 is 0 Å². The highest BCUT2D eigenvalue weighted by Gasteiger charge is 2.72. The van der Waals surface area contributed by atoms with E-state index in [0.29, 0.717) is 60.8 Å². The zero-order valence-corrected chi connectivity index (χ0v) is 39.5. The van der Waals surface area contributed by atoms with Gasteiger partial charge in [-0.15, -0.1) is 0 Å². The molecule has 72 heavy (non-hydrogen) atoms. The van der Waals surface area contributed by atoms with Crippen LogP contribution in [0, 0.1) is 0 Å². The van der Waals surface area contributed by atoms with Crippen LogP contribution < -0.4 is 51.6 Å². The van der Waals surface area contributed by atoms with E-state index in [9.17, 15) is 39.0 Å². The molecule has 3 heterocycles. The number of ether oxygens (including phenoxy) is 4. The number of carbonyl (C=O) groups excluding carboxylic acids is 6. The normalized spacial score (nSPS) is 23.2. The van der Waals surface area contributed by atoms with Crippen molar-refractivity contribution in [3.63, 3.8) is 0 Å². The van der Waals surface area contributed by atoms with E-state index in [0.717, 1.165) is 22.3 Å². The monoisotopic (exact) mass is 987 g/mol. The number of piperidine rings is 1. The maximum Gasteiger partial charge on any atom is 0.321 e. The maximum absolute atomic E-state index is 13.5. The zero-order valence-electron chi connectivity index (χ0n) is 39.5. The summed E-state index contributed by atoms with van der Waals surface area (Å²) < 4.78 is 22.7. The zero-order chi connectivity index (χ0) is 50.4. The van der Waals surface area contributed by atoms with Crippen molar-refractivity contribution in [3.05, 3.63) is 113 Å². The third-order valence-corrected chi connectivity index (χ3v) is 13.8. The van der Waals surface area contributed by atoms with Gasteiger partial charge in [0.1, 0.15) is 44.9 Å². The highest BCUT2D eigenvalue weighted by atomic mass is 16.5. The molecule has 0 aromatic heterocycles. The fourth-order valence-electron chi connectivity index (χ4n) is 10.6. The molecule has 9 rings (SSSR count). The van der Waals surface area contributed by atoms with Crippen LogP contribution in [0.5, 0.6) is 17.2 Å². The Kier molecular flexibility index (Phi) is 14.7. The summed E-state index contributed by atoms with van der Waals surface area (Å²) in [6.45, 7) is -0.573. The van der Waals surface area contributed by atoms with Gasteiger partial charge in [-0.3, -0.25) is 24.0 Å². The fourth-order valence-corrected chi connectivity index (χ4v) is 10.6. The van der Waals surface area contributed by atoms with Crippen LogP contribution in [0.25, 0.3) is 0 Å². The van der Waals surface area contributed by atoms with E-state index in [2.05, 4.69) is 37.2 Å². The Balaban J connectivity index is 0.622. The topological polar surface area (TPSA) is 280 Å². The van der Waals surface area contributed by atoms with E-state index < -0.39 is 84.7 Å². The number of phenols is 1. The fraction of sp³-hybridized carbons (Fsp3) is 0.392. The number of aliphatic hydroxyl groups is 1. The molecule has 3 aliphatic heterocycles. The number of nitrogens with one attached hydrogen (secondary N) is 7. The Morgan fingerprint density at radius 2 is 1.51 bits per heavy atom. The van der Waals surface area contributed by atoms with Crippen molar-refractivity contribution >= 4 is 52.7 Å². The second-order valence-electron chi connectivity index (χ2n) is 18.2. The minimum atomic E-state index is -1.21. The number of benzodiazepines with no additional fused rings is 1. The number of benzene rings is 4. The molecule has 0 radical (unpaired) electrons. The largest absolute Gasteiger partial charge is 0.504 e. The molecule has 7 amide bonds. The summed E-state index contributed by atoms with van der Waals surface area (Å²) in [6.07, 6.45) is 0.287. The summed E-state index contributed by atoms with van der Waals surface area (Å²) in [7, 11) is 1.64. The van der Waals surface area contributed by atoms with Crippen LogP contribution in [0.4, 0.5) is 16.2 Å². The summed E-state index contributed by atoms with van der Waals surface area (Å²) >= 11 is 0. The van der Waals surface area contributed by atoms with Crippen LogP contribution in [0.1, 0.15) is 41.5 Å². The highest BCUT2D eigenvalue weighted by Crippen LogP contribution is 2.64. The lowest BCUT2D eigenvalue weighted by Crippen LogP contribution is -2.77. The van der Waals surface area contributed by atoms with E-state index in [-0.39, 0.29) is 44.6 Å². The third kappa shape index (κ3) is 10.1. The van der Waals surface area contributed by atoms with Gasteiger partial charge in [-0.1, -0.05) is 60.7 Å². The molecule has 2 aliphatic carbocycles. The number of amides is 7. The van der Waals surface area contributed by atoms with E-state index in [1.165, 1.54) is 4.90 Å². The number of aliphatic imine (C=N–C) groups is 1. The summed E-state index contributed by atoms with van der Waals surface area (Å²) in [5.74, 6) is -1.57. The van der Waals surface area contributed by atoms with Crippen molar-refractivity contribution in [2.75, 3.05) is 76.5 Å². The quantitative estimate of drug-likeness (QED) is 0.0588. The Morgan fingerprint density at radius 1 is 0.819 bits per heavy atom. The molecule has 9 N–H and O–H groups in total. The summed E-state index contributed by atoms with van der Waals surface area (Å²) in [5.41, 5.74) is 3.14. The Labute approximate surface area is 414 Å². The summed E-state index contributed by atoms with van der Waals surface area (Å²) in [6, 6.07) is 25.6. The number of hydrogen-bond donors (Lipinski definition) is 9. The van der Waals surface area contributed by atoms with Crippen LogP contribution in [0.2, 0.25) is 0 Å². The van der Waals surface area contributed by atoms with Gasteiger partial charge in [0, 0.05) is 54.6 Å². The molecule has 1 unspecified atom stereocenters. The molecular formula is C51H57N9O12. The Hall–Kier alpha value is -7.59. The molecule has 21 nitrogen and oxygen atoms in total. The van der Waals surface area contributed by atoms with Crippen molar-refractivity contribution in [2.24, 2.45) is 4.99 Å². The van der Waals surface area contributed by atoms with Gasteiger partial charge in [-0.05, 0) is 62.1 Å². The SMILES string of the molecule is CN1C(=O)[C@H](NC(=O)Nc2cccc(OCCNC(=O)COCC(=O)NCCNC(=O)COCC(=O)N[C@H]3CC[C@@]4(O)C5Cc6ccc(O)c7c6[C@@]4(CCN5)[C@H]3O7)c2)N=C(c2ccccc2)c2ccccc21. The molecule has 5 aliphatic rings. The molecule has 21 heteroatoms. The van der Waals surface area contributed by atoms with Crippen molar-refractivity contribution < 1.29 is 57.9 Å². The lowest BCUT2D eigenvalue weighted by atomic mass is 9.49. The molecule has 1 spiro atoms. The van der Waals surface area contributed by atoms with Gasteiger partial charge in [0.2, 0.25) is 29.8 Å². The predicted octanol–water partition coefficient (Wildman–Crippen LogP) is 0.741. The maximum atomic E-state index is 13.5. The summed E-state index contributed by atoms with van der Waals surface area (Å²) in [4.78, 5) is 82.8. The number of urea groups is 1. The second kappa shape index (κ2) is 21.4. The average Bonchev–Trinajstić information content (AvgIpc) is 3.69. The number of nitrogens with zero attached hydrogens (tertiary/aromatic N) is 2. The molecule has 2 bridgehead atoms. The van der Waals surface area contributed by atoms with E-state index in [1.807, 2.05) is 60.7 Å². The number of aromatic hydroxyl groups is 1. The van der Waals surface area contributed by atoms with E-state index in [4.69, 9.17) is 23.9 Å². The van der Waals surface area contributed by atoms with Crippen LogP contribution in [0.15, 0.2) is 96.0 Å². The van der Waals surface area contributed by atoms with Crippen molar-refractivity contribution in [2.45, 2.75) is 61.1 Å². The van der Waals surface area contributed by atoms with Gasteiger partial charge in [0.15, 0.2) is 11.5 Å². The lowest BCUT2D eigenvalue weighted by Gasteiger charge is -2.61. The number of phenolic OH excluding ortho intramolecular Hbond substituents is 1. The molecular weight excluding hydrogens is 931 g/mol. The molecule has 6 atom stereocenters. The smallest absolute Gasteiger partial charge is 0.321 e. The van der Waals surface area contributed by atoms with Gasteiger partial charge in [0.25, 0.3) is 5.91 Å². The summed E-state index contributed by atoms with van der Waals surface area (Å²) in [5, 5.41) is 42.5. The number of carbonyl (C=O) groups is 6. The second-order valence-corrected chi connectivity index (χ2v) is 18.2. The van der Waals surface area contributed by atoms with Crippen molar-refractivity contribution in [3.8, 4) is 17.2 Å². The van der Waals surface area contributed by atoms with Crippen LogP contribution in [-0.4, -0.2) is 148 Å². The van der Waals surface area contributed by atoms with Crippen LogP contribution >= 0.6 is 0 Å². The first-order valence-electron chi connectivity index (χ1n) is 23.9. The molecule has 4 aromatic carbocycles. The van der Waals surface area contributed by atoms with Crippen LogP contribution in [-0.2, 0) is 45.3 Å². The van der Waals surface area contributed by atoms with Gasteiger partial charge < -0.3 is 71.3 Å². The molecule has 4 aromatic rings. The predicted molar refractivity (Wildman–Crippen MR) is 261 cm³/mol. The molecule has 1 saturated carbocycles. The van der Waals surface area contributed by atoms with Crippen molar-refractivity contribution in [1.29, 1.82) is 0 Å².